The summed E-state index contributed by atoms with van der Waals surface area (Å²) in [6, 6.07) is 15.1. The van der Waals surface area contributed by atoms with Gasteiger partial charge in [-0.25, -0.2) is 0 Å². The molecule has 0 fully saturated rings. The Hall–Kier alpha value is -2.52. The molecule has 0 spiro atoms. The standard InChI is InChI=1S/C22H22N2O/c1-14-15(2)25-20-10-9-19-22(21(14)20)17-13-23(3)12-11-18(17)24(19)16-7-5-4-6-8-16/h4-10H,11-13H2,1-3H3. The van der Waals surface area contributed by atoms with Gasteiger partial charge in [0.1, 0.15) is 11.3 Å². The Morgan fingerprint density at radius 3 is 2.56 bits per heavy atom. The number of aryl methyl sites for hydroxylation is 2. The highest BCUT2D eigenvalue weighted by Crippen LogP contribution is 2.40. The van der Waals surface area contributed by atoms with Crippen molar-refractivity contribution in [2.45, 2.75) is 26.8 Å². The van der Waals surface area contributed by atoms with Gasteiger partial charge in [-0.3, -0.25) is 0 Å². The molecule has 0 N–H and O–H groups in total. The van der Waals surface area contributed by atoms with Gasteiger partial charge in [0.2, 0.25) is 0 Å². The van der Waals surface area contributed by atoms with Crippen LogP contribution in [0.5, 0.6) is 0 Å². The molecule has 0 saturated carbocycles. The molecular weight excluding hydrogens is 308 g/mol. The van der Waals surface area contributed by atoms with E-state index in [-0.39, 0.29) is 0 Å². The van der Waals surface area contributed by atoms with Crippen LogP contribution in [-0.4, -0.2) is 23.1 Å². The average molecular weight is 330 g/mol. The smallest absolute Gasteiger partial charge is 0.135 e. The van der Waals surface area contributed by atoms with Crippen molar-refractivity contribution in [1.82, 2.24) is 9.47 Å². The first kappa shape index (κ1) is 14.8. The monoisotopic (exact) mass is 330 g/mol. The number of furan rings is 1. The molecule has 0 aliphatic carbocycles. The molecule has 2 aromatic carbocycles. The highest BCUT2D eigenvalue weighted by Gasteiger charge is 2.26. The molecule has 0 amide bonds. The van der Waals surface area contributed by atoms with Gasteiger partial charge in [-0.1, -0.05) is 18.2 Å². The van der Waals surface area contributed by atoms with Crippen LogP contribution < -0.4 is 0 Å². The fraction of sp³-hybridized carbons (Fsp3) is 0.273. The van der Waals surface area contributed by atoms with E-state index in [1.165, 1.54) is 38.8 Å². The Morgan fingerprint density at radius 2 is 1.76 bits per heavy atom. The van der Waals surface area contributed by atoms with Gasteiger partial charge >= 0.3 is 0 Å². The minimum absolute atomic E-state index is 0.994. The van der Waals surface area contributed by atoms with Gasteiger partial charge in [-0.15, -0.1) is 0 Å². The highest BCUT2D eigenvalue weighted by molar-refractivity contribution is 6.10. The number of para-hydroxylation sites is 1. The van der Waals surface area contributed by atoms with Crippen molar-refractivity contribution in [2.75, 3.05) is 13.6 Å². The molecule has 0 radical (unpaired) electrons. The van der Waals surface area contributed by atoms with Crippen LogP contribution in [0.15, 0.2) is 46.9 Å². The predicted octanol–water partition coefficient (Wildman–Crippen LogP) is 4.98. The largest absolute Gasteiger partial charge is 0.461 e. The Bertz CT molecular complexity index is 1100. The van der Waals surface area contributed by atoms with Gasteiger partial charge in [0.05, 0.1) is 5.52 Å². The van der Waals surface area contributed by atoms with Crippen LogP contribution in [0.3, 0.4) is 0 Å². The summed E-state index contributed by atoms with van der Waals surface area (Å²) >= 11 is 0. The fourth-order valence-electron chi connectivity index (χ4n) is 4.31. The molecule has 25 heavy (non-hydrogen) atoms. The Kier molecular flexibility index (Phi) is 3.10. The molecule has 0 saturated heterocycles. The molecule has 2 aromatic heterocycles. The number of hydrogen-bond acceptors (Lipinski definition) is 2. The first-order valence-electron chi connectivity index (χ1n) is 8.94. The van der Waals surface area contributed by atoms with Crippen molar-refractivity contribution in [2.24, 2.45) is 0 Å². The maximum absolute atomic E-state index is 6.02. The zero-order chi connectivity index (χ0) is 17.1. The molecule has 0 unspecified atom stereocenters. The third kappa shape index (κ3) is 2.02. The van der Waals surface area contributed by atoms with E-state index in [4.69, 9.17) is 4.42 Å². The van der Waals surface area contributed by atoms with E-state index in [2.05, 4.69) is 72.8 Å². The summed E-state index contributed by atoms with van der Waals surface area (Å²) in [5.74, 6) is 1.02. The number of rotatable bonds is 1. The molecule has 1 aliphatic rings. The van der Waals surface area contributed by atoms with Gasteiger partial charge in [-0.2, -0.15) is 0 Å². The van der Waals surface area contributed by atoms with Crippen LogP contribution in [0, 0.1) is 13.8 Å². The number of likely N-dealkylation sites (N-methyl/N-ethyl adjacent to an activating group) is 1. The van der Waals surface area contributed by atoms with E-state index in [1.54, 1.807) is 0 Å². The van der Waals surface area contributed by atoms with Crippen LogP contribution in [0.4, 0.5) is 0 Å². The van der Waals surface area contributed by atoms with Crippen LogP contribution in [0.1, 0.15) is 22.6 Å². The van der Waals surface area contributed by atoms with Gasteiger partial charge in [-0.05, 0) is 56.3 Å². The van der Waals surface area contributed by atoms with E-state index < -0.39 is 0 Å². The Morgan fingerprint density at radius 1 is 0.960 bits per heavy atom. The first-order valence-corrected chi connectivity index (χ1v) is 8.94. The highest BCUT2D eigenvalue weighted by atomic mass is 16.3. The van der Waals surface area contributed by atoms with Crippen molar-refractivity contribution in [3.63, 3.8) is 0 Å². The minimum atomic E-state index is 0.994. The summed E-state index contributed by atoms with van der Waals surface area (Å²) in [7, 11) is 2.21. The van der Waals surface area contributed by atoms with Crippen molar-refractivity contribution in [3.05, 3.63) is 65.0 Å². The van der Waals surface area contributed by atoms with E-state index in [1.807, 2.05) is 0 Å². The molecule has 4 aromatic rings. The minimum Gasteiger partial charge on any atom is -0.461 e. The predicted molar refractivity (Wildman–Crippen MR) is 103 cm³/mol. The number of benzene rings is 2. The van der Waals surface area contributed by atoms with Crippen molar-refractivity contribution in [1.29, 1.82) is 0 Å². The van der Waals surface area contributed by atoms with Crippen LogP contribution in [-0.2, 0) is 13.0 Å². The molecule has 0 bridgehead atoms. The molecule has 3 nitrogen and oxygen atoms in total. The molecule has 1 aliphatic heterocycles. The lowest BCUT2D eigenvalue weighted by molar-refractivity contribution is 0.311. The zero-order valence-corrected chi connectivity index (χ0v) is 15.0. The Balaban J connectivity index is 1.97. The van der Waals surface area contributed by atoms with Crippen molar-refractivity contribution < 1.29 is 4.42 Å². The lowest BCUT2D eigenvalue weighted by atomic mass is 10.0. The van der Waals surface area contributed by atoms with Crippen LogP contribution in [0.2, 0.25) is 0 Å². The van der Waals surface area contributed by atoms with E-state index in [0.29, 0.717) is 0 Å². The Labute approximate surface area is 147 Å². The van der Waals surface area contributed by atoms with Gasteiger partial charge in [0.15, 0.2) is 0 Å². The third-order valence-corrected chi connectivity index (χ3v) is 5.64. The number of nitrogens with zero attached hydrogens (tertiary/aromatic N) is 2. The average Bonchev–Trinajstić information content (AvgIpc) is 3.10. The van der Waals surface area contributed by atoms with Crippen molar-refractivity contribution in [3.8, 4) is 5.69 Å². The zero-order valence-electron chi connectivity index (χ0n) is 15.0. The second-order valence-electron chi connectivity index (χ2n) is 7.20. The lowest BCUT2D eigenvalue weighted by Gasteiger charge is -2.24. The van der Waals surface area contributed by atoms with Crippen LogP contribution >= 0.6 is 0 Å². The first-order chi connectivity index (χ1) is 12.1. The summed E-state index contributed by atoms with van der Waals surface area (Å²) in [6.45, 7) is 6.34. The maximum atomic E-state index is 6.02. The molecule has 3 heterocycles. The lowest BCUT2D eigenvalue weighted by Crippen LogP contribution is -2.27. The quantitative estimate of drug-likeness (QED) is 0.491. The number of aromatic nitrogens is 1. The molecular formula is C22H22N2O. The molecule has 5 rings (SSSR count). The van der Waals surface area contributed by atoms with E-state index in [9.17, 15) is 0 Å². The van der Waals surface area contributed by atoms with Gasteiger partial charge in [0.25, 0.3) is 0 Å². The van der Waals surface area contributed by atoms with Gasteiger partial charge in [0, 0.05) is 41.7 Å². The summed E-state index contributed by atoms with van der Waals surface area (Å²) in [5, 5.41) is 2.66. The second kappa shape index (κ2) is 5.24. The third-order valence-electron chi connectivity index (χ3n) is 5.64. The second-order valence-corrected chi connectivity index (χ2v) is 7.20. The summed E-state index contributed by atoms with van der Waals surface area (Å²) in [4.78, 5) is 2.41. The molecule has 0 atom stereocenters. The SMILES string of the molecule is Cc1oc2ccc3c(c4c(n3-c3ccccc3)CCN(C)C4)c2c1C. The van der Waals surface area contributed by atoms with Crippen LogP contribution in [0.25, 0.3) is 27.6 Å². The number of hydrogen-bond donors (Lipinski definition) is 0. The maximum Gasteiger partial charge on any atom is 0.135 e. The van der Waals surface area contributed by atoms with E-state index in [0.717, 1.165) is 30.9 Å². The topological polar surface area (TPSA) is 21.3 Å². The summed E-state index contributed by atoms with van der Waals surface area (Å²) in [5.41, 5.74) is 7.72. The molecule has 3 heteroatoms. The summed E-state index contributed by atoms with van der Waals surface area (Å²) in [6.07, 6.45) is 1.08. The van der Waals surface area contributed by atoms with Crippen molar-refractivity contribution >= 4 is 21.9 Å². The number of fused-ring (bicyclic) bond motifs is 5. The molecule has 126 valence electrons. The van der Waals surface area contributed by atoms with E-state index >= 15 is 0 Å². The fourth-order valence-corrected chi connectivity index (χ4v) is 4.31. The van der Waals surface area contributed by atoms with Gasteiger partial charge < -0.3 is 13.9 Å². The summed E-state index contributed by atoms with van der Waals surface area (Å²) < 4.78 is 8.47. The normalized spacial score (nSPS) is 15.2.